The molecule has 0 nitrogen and oxygen atoms in total. The van der Waals surface area contributed by atoms with E-state index in [0.717, 1.165) is 16.7 Å². The summed E-state index contributed by atoms with van der Waals surface area (Å²) in [5, 5.41) is 0. The molecule has 0 heterocycles. The van der Waals surface area contributed by atoms with E-state index in [0.29, 0.717) is 0 Å². The lowest BCUT2D eigenvalue weighted by Crippen LogP contribution is -1.98. The quantitative estimate of drug-likeness (QED) is 0.654. The highest BCUT2D eigenvalue weighted by atomic mass is 14.2. The molecule has 1 aromatic carbocycles. The predicted molar refractivity (Wildman–Crippen MR) is 75.3 cm³/mol. The molecule has 1 aromatic rings. The molecule has 0 saturated heterocycles. The van der Waals surface area contributed by atoms with Gasteiger partial charge < -0.3 is 0 Å². The van der Waals surface area contributed by atoms with E-state index in [-0.39, 0.29) is 0 Å². The summed E-state index contributed by atoms with van der Waals surface area (Å²) in [7, 11) is 0. The molecular weight excluding hydrogens is 192 g/mol. The van der Waals surface area contributed by atoms with Gasteiger partial charge in [-0.15, -0.1) is 0 Å². The molecule has 0 bridgehead atoms. The van der Waals surface area contributed by atoms with Crippen molar-refractivity contribution in [2.75, 3.05) is 0 Å². The van der Waals surface area contributed by atoms with Gasteiger partial charge in [-0.05, 0) is 55.5 Å². The molecule has 0 spiro atoms. The van der Waals surface area contributed by atoms with Gasteiger partial charge in [-0.25, -0.2) is 0 Å². The van der Waals surface area contributed by atoms with Gasteiger partial charge in [0.05, 0.1) is 0 Å². The second kappa shape index (κ2) is 4.52. The number of allylic oxidation sites excluding steroid dienone is 3. The summed E-state index contributed by atoms with van der Waals surface area (Å²) in [6.45, 7) is 20.4. The topological polar surface area (TPSA) is 0 Å². The fourth-order valence-corrected chi connectivity index (χ4v) is 2.06. The van der Waals surface area contributed by atoms with Gasteiger partial charge in [-0.2, -0.15) is 0 Å². The van der Waals surface area contributed by atoms with Crippen molar-refractivity contribution in [3.63, 3.8) is 0 Å². The molecule has 0 saturated carbocycles. The molecule has 16 heavy (non-hydrogen) atoms. The minimum absolute atomic E-state index is 1.07. The van der Waals surface area contributed by atoms with Gasteiger partial charge >= 0.3 is 0 Å². The highest BCUT2D eigenvalue weighted by molar-refractivity contribution is 5.86. The van der Waals surface area contributed by atoms with Crippen LogP contribution in [0.15, 0.2) is 31.9 Å². The van der Waals surface area contributed by atoms with Gasteiger partial charge in [0, 0.05) is 0 Å². The molecule has 0 unspecified atom stereocenters. The molecule has 84 valence electrons. The Hall–Kier alpha value is -1.56. The van der Waals surface area contributed by atoms with E-state index in [1.807, 2.05) is 20.8 Å². The molecule has 0 fully saturated rings. The van der Waals surface area contributed by atoms with Crippen molar-refractivity contribution in [1.82, 2.24) is 0 Å². The first-order valence-electron chi connectivity index (χ1n) is 5.47. The zero-order valence-corrected chi connectivity index (χ0v) is 10.8. The third-order valence-corrected chi connectivity index (χ3v) is 2.73. The van der Waals surface area contributed by atoms with E-state index in [9.17, 15) is 0 Å². The largest absolute Gasteiger partial charge is 0.0955 e. The monoisotopic (exact) mass is 212 g/mol. The van der Waals surface area contributed by atoms with Crippen LogP contribution in [0, 0.1) is 6.92 Å². The van der Waals surface area contributed by atoms with Crippen LogP contribution < -0.4 is 0 Å². The second-order valence-corrected chi connectivity index (χ2v) is 4.52. The summed E-state index contributed by atoms with van der Waals surface area (Å²) < 4.78 is 0. The van der Waals surface area contributed by atoms with Crippen LogP contribution in [0.3, 0.4) is 0 Å². The molecule has 0 aliphatic heterocycles. The lowest BCUT2D eigenvalue weighted by molar-refractivity contribution is 1.35. The van der Waals surface area contributed by atoms with Gasteiger partial charge in [-0.3, -0.25) is 0 Å². The summed E-state index contributed by atoms with van der Waals surface area (Å²) in [6, 6.07) is 4.24. The fourth-order valence-electron chi connectivity index (χ4n) is 2.06. The summed E-state index contributed by atoms with van der Waals surface area (Å²) >= 11 is 0. The first kappa shape index (κ1) is 12.5. The maximum Gasteiger partial charge on any atom is -0.00805 e. The molecular formula is C16H20. The number of rotatable bonds is 3. The van der Waals surface area contributed by atoms with Crippen molar-refractivity contribution in [1.29, 1.82) is 0 Å². The van der Waals surface area contributed by atoms with Gasteiger partial charge in [0.2, 0.25) is 0 Å². The Morgan fingerprint density at radius 1 is 0.812 bits per heavy atom. The first-order chi connectivity index (χ1) is 7.36. The molecule has 0 N–H and O–H groups in total. The molecule has 0 aliphatic carbocycles. The lowest BCUT2D eigenvalue weighted by Gasteiger charge is -2.17. The van der Waals surface area contributed by atoms with Crippen molar-refractivity contribution in [3.8, 4) is 0 Å². The lowest BCUT2D eigenvalue weighted by atomic mass is 9.87. The Labute approximate surface area is 99.0 Å². The smallest absolute Gasteiger partial charge is 0.00805 e. The van der Waals surface area contributed by atoms with Crippen LogP contribution in [0.2, 0.25) is 0 Å². The molecule has 1 rings (SSSR count). The Bertz CT molecular complexity index is 473. The van der Waals surface area contributed by atoms with Crippen LogP contribution in [-0.4, -0.2) is 0 Å². The average molecular weight is 212 g/mol. The summed E-state index contributed by atoms with van der Waals surface area (Å²) in [6.07, 6.45) is 0. The van der Waals surface area contributed by atoms with Crippen molar-refractivity contribution >= 4 is 16.7 Å². The number of benzene rings is 1. The van der Waals surface area contributed by atoms with Gasteiger partial charge in [0.15, 0.2) is 0 Å². The standard InChI is InChI=1S/C16H20/c1-10(2)14-9-8-13(7)15(11(3)4)16(14)12(5)6/h8-9H,1,3,5H2,2,4,6-7H3. The SMILES string of the molecule is C=C(C)c1ccc(C)c(C(=C)C)c1C(=C)C. The molecule has 0 atom stereocenters. The Kier molecular flexibility index (Phi) is 3.54. The highest BCUT2D eigenvalue weighted by Crippen LogP contribution is 2.32. The Balaban J connectivity index is 3.70. The number of hydrogen-bond acceptors (Lipinski definition) is 0. The van der Waals surface area contributed by atoms with E-state index >= 15 is 0 Å². The molecule has 0 heteroatoms. The molecule has 0 radical (unpaired) electrons. The highest BCUT2D eigenvalue weighted by Gasteiger charge is 2.12. The zero-order chi connectivity index (χ0) is 12.5. The van der Waals surface area contributed by atoms with Crippen LogP contribution in [0.5, 0.6) is 0 Å². The van der Waals surface area contributed by atoms with Crippen LogP contribution in [0.25, 0.3) is 16.7 Å². The van der Waals surface area contributed by atoms with Crippen LogP contribution >= 0.6 is 0 Å². The van der Waals surface area contributed by atoms with Crippen LogP contribution in [0.4, 0.5) is 0 Å². The molecule has 0 aromatic heterocycles. The summed E-state index contributed by atoms with van der Waals surface area (Å²) in [5.41, 5.74) is 8.05. The maximum absolute atomic E-state index is 4.07. The van der Waals surface area contributed by atoms with E-state index in [1.54, 1.807) is 0 Å². The third-order valence-electron chi connectivity index (χ3n) is 2.73. The normalized spacial score (nSPS) is 10.0. The minimum atomic E-state index is 1.07. The third kappa shape index (κ3) is 2.16. The number of hydrogen-bond donors (Lipinski definition) is 0. The summed E-state index contributed by atoms with van der Waals surface area (Å²) in [4.78, 5) is 0. The van der Waals surface area contributed by atoms with E-state index in [1.165, 1.54) is 22.3 Å². The maximum atomic E-state index is 4.07. The zero-order valence-electron chi connectivity index (χ0n) is 10.8. The van der Waals surface area contributed by atoms with Crippen molar-refractivity contribution in [2.24, 2.45) is 0 Å². The first-order valence-corrected chi connectivity index (χ1v) is 5.47. The van der Waals surface area contributed by atoms with Crippen LogP contribution in [0.1, 0.15) is 43.0 Å². The van der Waals surface area contributed by atoms with Crippen molar-refractivity contribution in [3.05, 3.63) is 54.1 Å². The van der Waals surface area contributed by atoms with Crippen molar-refractivity contribution in [2.45, 2.75) is 27.7 Å². The van der Waals surface area contributed by atoms with Crippen LogP contribution in [-0.2, 0) is 0 Å². The van der Waals surface area contributed by atoms with Crippen molar-refractivity contribution < 1.29 is 0 Å². The van der Waals surface area contributed by atoms with E-state index < -0.39 is 0 Å². The van der Waals surface area contributed by atoms with Gasteiger partial charge in [0.1, 0.15) is 0 Å². The van der Waals surface area contributed by atoms with Gasteiger partial charge in [0.25, 0.3) is 0 Å². The predicted octanol–water partition coefficient (Wildman–Crippen LogP) is 5.09. The minimum Gasteiger partial charge on any atom is -0.0955 e. The fraction of sp³-hybridized carbons (Fsp3) is 0.250. The van der Waals surface area contributed by atoms with Gasteiger partial charge in [-0.1, -0.05) is 43.0 Å². The summed E-state index contributed by atoms with van der Waals surface area (Å²) in [5.74, 6) is 0. The molecule has 0 aliphatic rings. The van der Waals surface area contributed by atoms with E-state index in [2.05, 4.69) is 38.8 Å². The second-order valence-electron chi connectivity index (χ2n) is 4.52. The Morgan fingerprint density at radius 3 is 1.69 bits per heavy atom. The Morgan fingerprint density at radius 2 is 1.31 bits per heavy atom. The average Bonchev–Trinajstić information content (AvgIpc) is 2.15. The van der Waals surface area contributed by atoms with E-state index in [4.69, 9.17) is 0 Å². The molecule has 0 amide bonds. The number of aryl methyl sites for hydroxylation is 1.